The van der Waals surface area contributed by atoms with E-state index in [4.69, 9.17) is 0 Å². The number of carbonyl (C=O) groups is 1. The highest BCUT2D eigenvalue weighted by molar-refractivity contribution is 5.73. The van der Waals surface area contributed by atoms with Gasteiger partial charge in [-0.2, -0.15) is 13.2 Å². The van der Waals surface area contributed by atoms with Crippen LogP contribution >= 0.6 is 0 Å². The van der Waals surface area contributed by atoms with Crippen LogP contribution < -0.4 is 0 Å². The van der Waals surface area contributed by atoms with Crippen molar-refractivity contribution < 1.29 is 31.5 Å². The molecule has 1 aromatic rings. The van der Waals surface area contributed by atoms with Gasteiger partial charge in [0.15, 0.2) is 0 Å². The first-order valence-corrected chi connectivity index (χ1v) is 5.25. The van der Waals surface area contributed by atoms with Crippen molar-refractivity contribution in [2.24, 2.45) is 0 Å². The highest BCUT2D eigenvalue weighted by Gasteiger charge is 2.36. The van der Waals surface area contributed by atoms with Gasteiger partial charge < -0.3 is 4.74 Å². The number of ether oxygens (including phenoxy) is 1. The van der Waals surface area contributed by atoms with E-state index in [9.17, 15) is 26.7 Å². The molecular formula is C11H10F5NO2. The number of rotatable bonds is 4. The molecule has 0 amide bonds. The summed E-state index contributed by atoms with van der Waals surface area (Å²) in [6.45, 7) is 1.47. The van der Waals surface area contributed by atoms with Gasteiger partial charge in [-0.3, -0.25) is 9.78 Å². The van der Waals surface area contributed by atoms with E-state index in [0.717, 1.165) is 0 Å². The van der Waals surface area contributed by atoms with Crippen LogP contribution in [0.4, 0.5) is 22.0 Å². The van der Waals surface area contributed by atoms with Gasteiger partial charge in [-0.15, -0.1) is 0 Å². The Hall–Kier alpha value is -1.73. The van der Waals surface area contributed by atoms with E-state index in [0.29, 0.717) is 12.3 Å². The lowest BCUT2D eigenvalue weighted by atomic mass is 10.1. The van der Waals surface area contributed by atoms with Crippen LogP contribution in [0.5, 0.6) is 0 Å². The Morgan fingerprint density at radius 1 is 1.42 bits per heavy atom. The molecule has 0 unspecified atom stereocenters. The van der Waals surface area contributed by atoms with Crippen molar-refractivity contribution in [2.45, 2.75) is 25.9 Å². The Labute approximate surface area is 105 Å². The maximum absolute atomic E-state index is 12.6. The van der Waals surface area contributed by atoms with E-state index in [-0.39, 0.29) is 6.61 Å². The maximum Gasteiger partial charge on any atom is 0.433 e. The van der Waals surface area contributed by atoms with E-state index < -0.39 is 41.8 Å². The number of nitrogens with zero attached hydrogens (tertiary/aromatic N) is 1. The van der Waals surface area contributed by atoms with E-state index >= 15 is 0 Å². The van der Waals surface area contributed by atoms with Gasteiger partial charge >= 0.3 is 12.1 Å². The molecule has 0 saturated carbocycles. The van der Waals surface area contributed by atoms with Gasteiger partial charge in [0.1, 0.15) is 5.69 Å². The lowest BCUT2D eigenvalue weighted by Gasteiger charge is -2.12. The van der Waals surface area contributed by atoms with Crippen LogP contribution in [0.15, 0.2) is 12.3 Å². The normalized spacial score (nSPS) is 11.7. The van der Waals surface area contributed by atoms with Crippen LogP contribution in [0, 0.1) is 0 Å². The zero-order valence-electron chi connectivity index (χ0n) is 9.80. The first-order valence-electron chi connectivity index (χ1n) is 5.25. The molecule has 0 saturated heterocycles. The standard InChI is InChI=1S/C11H10F5NO2/c1-2-19-8(18)4-6-3-7(10(12)13)5-17-9(6)11(14,15)16/h3,5,10H,2,4H2,1H3. The average molecular weight is 283 g/mol. The largest absolute Gasteiger partial charge is 0.466 e. The molecule has 1 aromatic heterocycles. The van der Waals surface area contributed by atoms with Gasteiger partial charge in [-0.25, -0.2) is 8.78 Å². The minimum Gasteiger partial charge on any atom is -0.466 e. The summed E-state index contributed by atoms with van der Waals surface area (Å²) < 4.78 is 67.2. The Bertz CT molecular complexity index is 459. The summed E-state index contributed by atoms with van der Waals surface area (Å²) in [5, 5.41) is 0. The molecule has 19 heavy (non-hydrogen) atoms. The molecule has 0 atom stereocenters. The fraction of sp³-hybridized carbons (Fsp3) is 0.455. The van der Waals surface area contributed by atoms with Gasteiger partial charge in [-0.1, -0.05) is 0 Å². The number of halogens is 5. The number of carbonyl (C=O) groups excluding carboxylic acids is 1. The molecule has 3 nitrogen and oxygen atoms in total. The number of hydrogen-bond donors (Lipinski definition) is 0. The summed E-state index contributed by atoms with van der Waals surface area (Å²) in [4.78, 5) is 14.1. The molecule has 0 radical (unpaired) electrons. The van der Waals surface area contributed by atoms with Crippen LogP contribution in [-0.4, -0.2) is 17.6 Å². The molecule has 0 aromatic carbocycles. The summed E-state index contributed by atoms with van der Waals surface area (Å²) in [5.74, 6) is -0.929. The number of aromatic nitrogens is 1. The van der Waals surface area contributed by atoms with E-state index in [1.807, 2.05) is 0 Å². The molecule has 0 aliphatic carbocycles. The van der Waals surface area contributed by atoms with Crippen LogP contribution in [0.1, 0.15) is 30.2 Å². The summed E-state index contributed by atoms with van der Waals surface area (Å²) in [6.07, 6.45) is -8.09. The zero-order chi connectivity index (χ0) is 14.6. The van der Waals surface area contributed by atoms with Gasteiger partial charge in [0.05, 0.1) is 13.0 Å². The van der Waals surface area contributed by atoms with Gasteiger partial charge in [0.2, 0.25) is 0 Å². The molecule has 0 N–H and O–H groups in total. The van der Waals surface area contributed by atoms with Gasteiger partial charge in [0.25, 0.3) is 6.43 Å². The molecule has 1 heterocycles. The quantitative estimate of drug-likeness (QED) is 0.629. The van der Waals surface area contributed by atoms with Crippen LogP contribution in [0.25, 0.3) is 0 Å². The van der Waals surface area contributed by atoms with Crippen molar-refractivity contribution in [2.75, 3.05) is 6.61 Å². The first kappa shape index (κ1) is 15.3. The second-order valence-corrected chi connectivity index (χ2v) is 3.56. The second kappa shape index (κ2) is 5.94. The SMILES string of the molecule is CCOC(=O)Cc1cc(C(F)F)cnc1C(F)(F)F. The van der Waals surface area contributed by atoms with Crippen molar-refractivity contribution >= 4 is 5.97 Å². The molecule has 8 heteroatoms. The molecule has 0 fully saturated rings. The lowest BCUT2D eigenvalue weighted by molar-refractivity contribution is -0.144. The molecule has 0 aliphatic rings. The Morgan fingerprint density at radius 3 is 2.53 bits per heavy atom. The number of alkyl halides is 5. The molecular weight excluding hydrogens is 273 g/mol. The molecule has 1 rings (SSSR count). The minimum atomic E-state index is -4.82. The predicted molar refractivity (Wildman–Crippen MR) is 54.5 cm³/mol. The summed E-state index contributed by atoms with van der Waals surface area (Å²) >= 11 is 0. The highest BCUT2D eigenvalue weighted by atomic mass is 19.4. The molecule has 106 valence electrons. The number of pyridine rings is 1. The lowest BCUT2D eigenvalue weighted by Crippen LogP contribution is -2.16. The van der Waals surface area contributed by atoms with Crippen molar-refractivity contribution in [3.05, 3.63) is 29.1 Å². The highest BCUT2D eigenvalue weighted by Crippen LogP contribution is 2.32. The van der Waals surface area contributed by atoms with Crippen molar-refractivity contribution in [1.29, 1.82) is 0 Å². The first-order chi connectivity index (χ1) is 8.75. The third-order valence-corrected chi connectivity index (χ3v) is 2.15. The summed E-state index contributed by atoms with van der Waals surface area (Å²) in [5.41, 5.74) is -2.65. The summed E-state index contributed by atoms with van der Waals surface area (Å²) in [7, 11) is 0. The van der Waals surface area contributed by atoms with Crippen molar-refractivity contribution in [3.8, 4) is 0 Å². The smallest absolute Gasteiger partial charge is 0.433 e. The Morgan fingerprint density at radius 2 is 2.05 bits per heavy atom. The minimum absolute atomic E-state index is 0.0118. The van der Waals surface area contributed by atoms with E-state index in [1.54, 1.807) is 0 Å². The van der Waals surface area contributed by atoms with Crippen LogP contribution in [0.3, 0.4) is 0 Å². The van der Waals surface area contributed by atoms with Gasteiger partial charge in [-0.05, 0) is 18.6 Å². The van der Waals surface area contributed by atoms with E-state index in [2.05, 4.69) is 9.72 Å². The van der Waals surface area contributed by atoms with Crippen LogP contribution in [-0.2, 0) is 22.1 Å². The van der Waals surface area contributed by atoms with Crippen molar-refractivity contribution in [1.82, 2.24) is 4.98 Å². The van der Waals surface area contributed by atoms with Crippen LogP contribution in [0.2, 0.25) is 0 Å². The maximum atomic E-state index is 12.6. The topological polar surface area (TPSA) is 39.2 Å². The molecule has 0 aliphatic heterocycles. The number of esters is 1. The fourth-order valence-electron chi connectivity index (χ4n) is 1.41. The summed E-state index contributed by atoms with van der Waals surface area (Å²) in [6, 6.07) is 0.622. The van der Waals surface area contributed by atoms with Gasteiger partial charge in [0, 0.05) is 11.8 Å². The Kier molecular flexibility index (Phi) is 4.79. The van der Waals surface area contributed by atoms with Crippen molar-refractivity contribution in [3.63, 3.8) is 0 Å². The predicted octanol–water partition coefficient (Wildman–Crippen LogP) is 3.14. The third kappa shape index (κ3) is 4.15. The monoisotopic (exact) mass is 283 g/mol. The molecule has 0 spiro atoms. The zero-order valence-corrected chi connectivity index (χ0v) is 9.80. The average Bonchev–Trinajstić information content (AvgIpc) is 2.27. The third-order valence-electron chi connectivity index (χ3n) is 2.15. The Balaban J connectivity index is 3.15. The second-order valence-electron chi connectivity index (χ2n) is 3.56. The fourth-order valence-corrected chi connectivity index (χ4v) is 1.41. The molecule has 0 bridgehead atoms. The van der Waals surface area contributed by atoms with E-state index in [1.165, 1.54) is 6.92 Å². The number of hydrogen-bond acceptors (Lipinski definition) is 3.